The first kappa shape index (κ1) is 12.8. The van der Waals surface area contributed by atoms with Gasteiger partial charge in [0.2, 0.25) is 11.8 Å². The van der Waals surface area contributed by atoms with Gasteiger partial charge in [0, 0.05) is 0 Å². The van der Waals surface area contributed by atoms with Gasteiger partial charge in [-0.3, -0.25) is 5.43 Å². The molecule has 0 amide bonds. The molecule has 5 nitrogen and oxygen atoms in total. The quantitative estimate of drug-likeness (QED) is 0.570. The Morgan fingerprint density at radius 3 is 2.60 bits per heavy atom. The minimum absolute atomic E-state index is 0.347. The Morgan fingerprint density at radius 1 is 1.15 bits per heavy atom. The van der Waals surface area contributed by atoms with Gasteiger partial charge in [-0.05, 0) is 48.6 Å². The van der Waals surface area contributed by atoms with Crippen LogP contribution >= 0.6 is 11.3 Å². The molecule has 0 aliphatic rings. The van der Waals surface area contributed by atoms with Crippen LogP contribution in [0.1, 0.15) is 11.1 Å². The number of aryl methyl sites for hydroxylation is 2. The van der Waals surface area contributed by atoms with Gasteiger partial charge in [0.1, 0.15) is 10.6 Å². The predicted octanol–water partition coefficient (Wildman–Crippen LogP) is 3.39. The van der Waals surface area contributed by atoms with Crippen LogP contribution in [0, 0.1) is 13.8 Å². The normalized spacial score (nSPS) is 10.8. The Hall–Kier alpha value is -2.18. The molecule has 1 aromatic carbocycles. The second-order valence-electron chi connectivity index (χ2n) is 4.56. The van der Waals surface area contributed by atoms with Crippen LogP contribution in [0.2, 0.25) is 0 Å². The molecule has 0 unspecified atom stereocenters. The summed E-state index contributed by atoms with van der Waals surface area (Å²) in [6.07, 6.45) is 0. The van der Waals surface area contributed by atoms with E-state index in [-0.39, 0.29) is 0 Å². The summed E-state index contributed by atoms with van der Waals surface area (Å²) >= 11 is 1.52. The van der Waals surface area contributed by atoms with E-state index in [2.05, 4.69) is 21.5 Å². The highest BCUT2D eigenvalue weighted by atomic mass is 32.1. The number of aromatic nitrogens is 2. The first-order valence-corrected chi connectivity index (χ1v) is 7.01. The van der Waals surface area contributed by atoms with Crippen LogP contribution in [-0.4, -0.2) is 9.97 Å². The second kappa shape index (κ2) is 5.07. The lowest BCUT2D eigenvalue weighted by molar-refractivity contribution is 0.468. The minimum atomic E-state index is 0.347. The molecule has 0 radical (unpaired) electrons. The molecule has 6 heteroatoms. The van der Waals surface area contributed by atoms with Crippen molar-refractivity contribution in [2.24, 2.45) is 5.84 Å². The van der Waals surface area contributed by atoms with Crippen LogP contribution in [-0.2, 0) is 0 Å². The maximum Gasteiger partial charge on any atom is 0.241 e. The zero-order chi connectivity index (χ0) is 14.1. The summed E-state index contributed by atoms with van der Waals surface area (Å²) in [4.78, 5) is 9.41. The third-order valence-corrected chi connectivity index (χ3v) is 3.64. The molecule has 0 spiro atoms. The van der Waals surface area contributed by atoms with Crippen molar-refractivity contribution in [3.05, 3.63) is 40.8 Å². The number of nitrogen functional groups attached to an aromatic ring is 1. The summed E-state index contributed by atoms with van der Waals surface area (Å²) in [6, 6.07) is 7.99. The number of fused-ring (bicyclic) bond motifs is 1. The van der Waals surface area contributed by atoms with Gasteiger partial charge in [0.15, 0.2) is 0 Å². The average Bonchev–Trinajstić information content (AvgIpc) is 2.85. The fraction of sp³-hybridized carbons (Fsp3) is 0.143. The molecule has 3 aromatic rings. The molecule has 0 saturated heterocycles. The number of rotatable bonds is 3. The van der Waals surface area contributed by atoms with Crippen LogP contribution in [0.3, 0.4) is 0 Å². The minimum Gasteiger partial charge on any atom is -0.438 e. The molecule has 102 valence electrons. The number of hydrogen-bond donors (Lipinski definition) is 2. The summed E-state index contributed by atoms with van der Waals surface area (Å²) in [5.41, 5.74) is 4.75. The number of nitrogens with zero attached hydrogens (tertiary/aromatic N) is 2. The van der Waals surface area contributed by atoms with E-state index < -0.39 is 0 Å². The molecule has 0 aliphatic carbocycles. The Kier molecular flexibility index (Phi) is 3.25. The molecule has 0 atom stereocenters. The number of benzene rings is 1. The van der Waals surface area contributed by atoms with E-state index in [0.717, 1.165) is 27.1 Å². The van der Waals surface area contributed by atoms with E-state index in [0.29, 0.717) is 11.8 Å². The van der Waals surface area contributed by atoms with Crippen LogP contribution in [0.4, 0.5) is 5.95 Å². The zero-order valence-corrected chi connectivity index (χ0v) is 12.0. The summed E-state index contributed by atoms with van der Waals surface area (Å²) < 4.78 is 5.91. The third kappa shape index (κ3) is 2.43. The lowest BCUT2D eigenvalue weighted by Crippen LogP contribution is -2.10. The highest BCUT2D eigenvalue weighted by molar-refractivity contribution is 7.16. The van der Waals surface area contributed by atoms with Crippen LogP contribution in [0.25, 0.3) is 10.2 Å². The Morgan fingerprint density at radius 2 is 1.90 bits per heavy atom. The summed E-state index contributed by atoms with van der Waals surface area (Å²) in [5, 5.41) is 2.83. The molecule has 2 aromatic heterocycles. The van der Waals surface area contributed by atoms with Crippen molar-refractivity contribution < 1.29 is 4.74 Å². The van der Waals surface area contributed by atoms with Gasteiger partial charge >= 0.3 is 0 Å². The van der Waals surface area contributed by atoms with Crippen LogP contribution < -0.4 is 16.0 Å². The molecular weight excluding hydrogens is 272 g/mol. The molecule has 0 fully saturated rings. The Balaban J connectivity index is 2.07. The number of hydrogen-bond acceptors (Lipinski definition) is 6. The van der Waals surface area contributed by atoms with Gasteiger partial charge in [-0.15, -0.1) is 11.3 Å². The monoisotopic (exact) mass is 286 g/mol. The highest BCUT2D eigenvalue weighted by Gasteiger charge is 2.11. The van der Waals surface area contributed by atoms with Crippen LogP contribution in [0.15, 0.2) is 29.6 Å². The molecule has 20 heavy (non-hydrogen) atoms. The SMILES string of the molecule is Cc1cc(C)cc(Oc2nc(NN)nc3sccc23)c1. The predicted molar refractivity (Wildman–Crippen MR) is 81.2 cm³/mol. The molecule has 0 aliphatic heterocycles. The van der Waals surface area contributed by atoms with Crippen molar-refractivity contribution in [1.29, 1.82) is 0 Å². The molecule has 0 bridgehead atoms. The van der Waals surface area contributed by atoms with Crippen molar-refractivity contribution in [2.45, 2.75) is 13.8 Å². The zero-order valence-electron chi connectivity index (χ0n) is 11.2. The van der Waals surface area contributed by atoms with Crippen molar-refractivity contribution >= 4 is 27.5 Å². The summed E-state index contributed by atoms with van der Waals surface area (Å²) in [6.45, 7) is 4.07. The molecule has 3 N–H and O–H groups in total. The number of nitrogens with one attached hydrogen (secondary N) is 1. The Labute approximate surface area is 120 Å². The van der Waals surface area contributed by atoms with E-state index >= 15 is 0 Å². The second-order valence-corrected chi connectivity index (χ2v) is 5.46. The van der Waals surface area contributed by atoms with E-state index in [9.17, 15) is 0 Å². The smallest absolute Gasteiger partial charge is 0.241 e. The Bertz CT molecular complexity index is 749. The van der Waals surface area contributed by atoms with E-state index in [4.69, 9.17) is 10.6 Å². The number of nitrogens with two attached hydrogens (primary N) is 1. The topological polar surface area (TPSA) is 73.1 Å². The number of ether oxygens (including phenoxy) is 1. The van der Waals surface area contributed by atoms with Crippen molar-refractivity contribution in [3.63, 3.8) is 0 Å². The van der Waals surface area contributed by atoms with Crippen molar-refractivity contribution in [3.8, 4) is 11.6 Å². The maximum atomic E-state index is 5.91. The molecular formula is C14H14N4OS. The number of hydrazine groups is 1. The summed E-state index contributed by atoms with van der Waals surface area (Å²) in [7, 11) is 0. The average molecular weight is 286 g/mol. The number of anilines is 1. The third-order valence-electron chi connectivity index (χ3n) is 2.83. The van der Waals surface area contributed by atoms with Gasteiger partial charge in [-0.25, -0.2) is 10.8 Å². The molecule has 0 saturated carbocycles. The fourth-order valence-corrected chi connectivity index (χ4v) is 2.83. The lowest BCUT2D eigenvalue weighted by Gasteiger charge is -2.09. The first-order chi connectivity index (χ1) is 9.65. The lowest BCUT2D eigenvalue weighted by atomic mass is 10.1. The first-order valence-electron chi connectivity index (χ1n) is 6.14. The van der Waals surface area contributed by atoms with E-state index in [1.54, 1.807) is 0 Å². The standard InChI is InChI=1S/C14H14N4OS/c1-8-5-9(2)7-10(6-8)19-12-11-3-4-20-13(11)17-14(16-12)18-15/h3-7H,15H2,1-2H3,(H,16,17,18). The summed E-state index contributed by atoms with van der Waals surface area (Å²) in [5.74, 6) is 7.01. The molecule has 2 heterocycles. The van der Waals surface area contributed by atoms with Crippen LogP contribution in [0.5, 0.6) is 11.6 Å². The fourth-order valence-electron chi connectivity index (χ4n) is 2.07. The molecule has 3 rings (SSSR count). The van der Waals surface area contributed by atoms with Gasteiger partial charge in [-0.1, -0.05) is 6.07 Å². The van der Waals surface area contributed by atoms with E-state index in [1.165, 1.54) is 11.3 Å². The van der Waals surface area contributed by atoms with Gasteiger partial charge in [0.25, 0.3) is 0 Å². The van der Waals surface area contributed by atoms with Crippen molar-refractivity contribution in [1.82, 2.24) is 9.97 Å². The van der Waals surface area contributed by atoms with Gasteiger partial charge in [-0.2, -0.15) is 4.98 Å². The van der Waals surface area contributed by atoms with Crippen molar-refractivity contribution in [2.75, 3.05) is 5.43 Å². The highest BCUT2D eigenvalue weighted by Crippen LogP contribution is 2.31. The van der Waals surface area contributed by atoms with Gasteiger partial charge in [0.05, 0.1) is 5.39 Å². The van der Waals surface area contributed by atoms with E-state index in [1.807, 2.05) is 37.4 Å². The maximum absolute atomic E-state index is 5.91. The number of thiophene rings is 1. The van der Waals surface area contributed by atoms with Gasteiger partial charge < -0.3 is 4.74 Å². The largest absolute Gasteiger partial charge is 0.438 e.